The largest absolute Gasteiger partial charge is 0.504 e. The van der Waals surface area contributed by atoms with E-state index in [9.17, 15) is 15.3 Å². The SMILES string of the molecule is C=CCN1CC[C@]23C[C@@H](O)C=C[C@H]2[C@H]1Cc1ccc(O)c(O)c13. The van der Waals surface area contributed by atoms with Gasteiger partial charge in [-0.25, -0.2) is 0 Å². The molecule has 1 heterocycles. The maximum absolute atomic E-state index is 10.6. The summed E-state index contributed by atoms with van der Waals surface area (Å²) < 4.78 is 0. The molecule has 0 aromatic heterocycles. The molecule has 0 spiro atoms. The minimum absolute atomic E-state index is 0.00520. The van der Waals surface area contributed by atoms with Gasteiger partial charge in [-0.3, -0.25) is 4.90 Å². The van der Waals surface area contributed by atoms with Gasteiger partial charge in [0, 0.05) is 29.5 Å². The minimum Gasteiger partial charge on any atom is -0.504 e. The van der Waals surface area contributed by atoms with Crippen LogP contribution in [0.2, 0.25) is 0 Å². The van der Waals surface area contributed by atoms with E-state index in [1.165, 1.54) is 0 Å². The van der Waals surface area contributed by atoms with E-state index in [1.54, 1.807) is 6.07 Å². The number of benzene rings is 1. The number of phenols is 2. The van der Waals surface area contributed by atoms with Gasteiger partial charge < -0.3 is 15.3 Å². The minimum atomic E-state index is -0.495. The Morgan fingerprint density at radius 2 is 2.13 bits per heavy atom. The van der Waals surface area contributed by atoms with Gasteiger partial charge in [0.15, 0.2) is 11.5 Å². The monoisotopic (exact) mass is 313 g/mol. The molecule has 122 valence electrons. The third-order valence-corrected chi connectivity index (χ3v) is 6.01. The summed E-state index contributed by atoms with van der Waals surface area (Å²) in [6, 6.07) is 3.85. The highest BCUT2D eigenvalue weighted by molar-refractivity contribution is 5.56. The first-order chi connectivity index (χ1) is 11.1. The maximum atomic E-state index is 10.6. The van der Waals surface area contributed by atoms with Crippen molar-refractivity contribution in [3.63, 3.8) is 0 Å². The Morgan fingerprint density at radius 1 is 1.30 bits per heavy atom. The molecule has 1 aliphatic heterocycles. The van der Waals surface area contributed by atoms with E-state index in [1.807, 2.05) is 18.2 Å². The number of piperidine rings is 1. The van der Waals surface area contributed by atoms with Crippen LogP contribution in [0, 0.1) is 5.92 Å². The Bertz CT molecular complexity index is 683. The molecule has 4 atom stereocenters. The van der Waals surface area contributed by atoms with Crippen LogP contribution in [-0.4, -0.2) is 45.5 Å². The Labute approximate surface area is 136 Å². The van der Waals surface area contributed by atoms with Crippen molar-refractivity contribution < 1.29 is 15.3 Å². The number of rotatable bonds is 2. The standard InChI is InChI=1S/C19H23NO3/c1-2-8-20-9-7-19-11-13(21)4-5-14(19)15(20)10-12-3-6-16(22)18(23)17(12)19/h2-6,13-15,21-23H,1,7-11H2/t13-,14-,15+,19-/m0/s1. The fourth-order valence-corrected chi connectivity index (χ4v) is 5.13. The number of aromatic hydroxyl groups is 2. The Balaban J connectivity index is 1.91. The lowest BCUT2D eigenvalue weighted by atomic mass is 9.53. The number of hydrogen-bond donors (Lipinski definition) is 3. The molecule has 0 amide bonds. The fraction of sp³-hybridized carbons (Fsp3) is 0.474. The van der Waals surface area contributed by atoms with Crippen LogP contribution < -0.4 is 0 Å². The zero-order valence-corrected chi connectivity index (χ0v) is 13.2. The molecule has 1 aromatic carbocycles. The molecule has 4 heteroatoms. The normalized spacial score (nSPS) is 35.4. The van der Waals surface area contributed by atoms with Gasteiger partial charge in [-0.2, -0.15) is 0 Å². The first kappa shape index (κ1) is 14.8. The lowest BCUT2D eigenvalue weighted by Crippen LogP contribution is -2.61. The highest BCUT2D eigenvalue weighted by atomic mass is 16.3. The van der Waals surface area contributed by atoms with Crippen LogP contribution in [-0.2, 0) is 11.8 Å². The molecule has 2 bridgehead atoms. The molecule has 0 radical (unpaired) electrons. The molecule has 4 nitrogen and oxygen atoms in total. The number of aliphatic hydroxyl groups is 1. The van der Waals surface area contributed by atoms with Crippen molar-refractivity contribution in [1.82, 2.24) is 4.90 Å². The van der Waals surface area contributed by atoms with Crippen molar-refractivity contribution in [3.8, 4) is 11.5 Å². The summed E-state index contributed by atoms with van der Waals surface area (Å²) in [4.78, 5) is 2.45. The van der Waals surface area contributed by atoms with Gasteiger partial charge in [0.25, 0.3) is 0 Å². The van der Waals surface area contributed by atoms with E-state index >= 15 is 0 Å². The van der Waals surface area contributed by atoms with E-state index in [-0.39, 0.29) is 22.8 Å². The second-order valence-electron chi connectivity index (χ2n) is 7.11. The van der Waals surface area contributed by atoms with Crippen LogP contribution in [0.15, 0.2) is 36.9 Å². The number of phenolic OH excluding ortho intramolecular Hbond substituents is 2. The van der Waals surface area contributed by atoms with Crippen molar-refractivity contribution in [2.24, 2.45) is 5.92 Å². The molecule has 23 heavy (non-hydrogen) atoms. The lowest BCUT2D eigenvalue weighted by molar-refractivity contribution is 0.0119. The maximum Gasteiger partial charge on any atom is 0.161 e. The van der Waals surface area contributed by atoms with Crippen LogP contribution in [0.25, 0.3) is 0 Å². The van der Waals surface area contributed by atoms with Gasteiger partial charge in [-0.1, -0.05) is 24.3 Å². The first-order valence-electron chi connectivity index (χ1n) is 8.32. The predicted octanol–water partition coefficient (Wildman–Crippen LogP) is 2.09. The molecular weight excluding hydrogens is 290 g/mol. The van der Waals surface area contributed by atoms with Crippen molar-refractivity contribution in [2.75, 3.05) is 13.1 Å². The zero-order valence-electron chi connectivity index (χ0n) is 13.2. The summed E-state index contributed by atoms with van der Waals surface area (Å²) in [5, 5.41) is 30.8. The van der Waals surface area contributed by atoms with Gasteiger partial charge in [0.1, 0.15) is 0 Å². The molecule has 3 N–H and O–H groups in total. The number of aliphatic hydroxyl groups excluding tert-OH is 1. The second kappa shape index (κ2) is 5.11. The van der Waals surface area contributed by atoms with Crippen molar-refractivity contribution in [3.05, 3.63) is 48.1 Å². The zero-order chi connectivity index (χ0) is 16.2. The van der Waals surface area contributed by atoms with Gasteiger partial charge in [0.05, 0.1) is 6.10 Å². The topological polar surface area (TPSA) is 63.9 Å². The van der Waals surface area contributed by atoms with E-state index < -0.39 is 6.10 Å². The molecule has 4 rings (SSSR count). The summed E-state index contributed by atoms with van der Waals surface area (Å²) in [6.45, 7) is 5.65. The molecular formula is C19H23NO3. The van der Waals surface area contributed by atoms with Gasteiger partial charge in [0.2, 0.25) is 0 Å². The highest BCUT2D eigenvalue weighted by Crippen LogP contribution is 2.57. The average molecular weight is 313 g/mol. The summed E-state index contributed by atoms with van der Waals surface area (Å²) in [7, 11) is 0. The second-order valence-corrected chi connectivity index (χ2v) is 7.11. The number of fused-ring (bicyclic) bond motifs is 1. The summed E-state index contributed by atoms with van der Waals surface area (Å²) in [5.74, 6) is 0.193. The molecule has 2 aliphatic carbocycles. The van der Waals surface area contributed by atoms with Gasteiger partial charge >= 0.3 is 0 Å². The summed E-state index contributed by atoms with van der Waals surface area (Å²) in [5.41, 5.74) is 1.67. The Kier molecular flexibility index (Phi) is 3.29. The van der Waals surface area contributed by atoms with Crippen LogP contribution in [0.4, 0.5) is 0 Å². The smallest absolute Gasteiger partial charge is 0.161 e. The molecule has 3 aliphatic rings. The van der Waals surface area contributed by atoms with E-state index in [0.29, 0.717) is 12.5 Å². The van der Waals surface area contributed by atoms with E-state index in [2.05, 4.69) is 17.6 Å². The molecule has 1 saturated heterocycles. The van der Waals surface area contributed by atoms with Crippen molar-refractivity contribution >= 4 is 0 Å². The lowest BCUT2D eigenvalue weighted by Gasteiger charge is -2.57. The van der Waals surface area contributed by atoms with Crippen molar-refractivity contribution in [2.45, 2.75) is 36.8 Å². The predicted molar refractivity (Wildman–Crippen MR) is 88.6 cm³/mol. The molecule has 1 aromatic rings. The molecule has 1 fully saturated rings. The Morgan fingerprint density at radius 3 is 2.91 bits per heavy atom. The third kappa shape index (κ3) is 1.98. The Hall–Kier alpha value is -1.78. The van der Waals surface area contributed by atoms with Gasteiger partial charge in [-0.15, -0.1) is 6.58 Å². The summed E-state index contributed by atoms with van der Waals surface area (Å²) in [6.07, 6.45) is 7.79. The number of likely N-dealkylation sites (tertiary alicyclic amines) is 1. The van der Waals surface area contributed by atoms with E-state index in [0.717, 1.165) is 37.1 Å². The first-order valence-corrected chi connectivity index (χ1v) is 8.32. The third-order valence-electron chi connectivity index (χ3n) is 6.01. The van der Waals surface area contributed by atoms with Crippen LogP contribution >= 0.6 is 0 Å². The van der Waals surface area contributed by atoms with E-state index in [4.69, 9.17) is 0 Å². The quantitative estimate of drug-likeness (QED) is 0.578. The fourth-order valence-electron chi connectivity index (χ4n) is 5.13. The average Bonchev–Trinajstić information content (AvgIpc) is 2.53. The van der Waals surface area contributed by atoms with Crippen molar-refractivity contribution in [1.29, 1.82) is 0 Å². The van der Waals surface area contributed by atoms with Crippen LogP contribution in [0.3, 0.4) is 0 Å². The number of hydrogen-bond acceptors (Lipinski definition) is 4. The van der Waals surface area contributed by atoms with Crippen LogP contribution in [0.5, 0.6) is 11.5 Å². The number of nitrogens with zero attached hydrogens (tertiary/aromatic N) is 1. The van der Waals surface area contributed by atoms with Gasteiger partial charge in [-0.05, 0) is 37.4 Å². The van der Waals surface area contributed by atoms with Crippen LogP contribution in [0.1, 0.15) is 24.0 Å². The molecule has 0 unspecified atom stereocenters. The highest BCUT2D eigenvalue weighted by Gasteiger charge is 2.55. The molecule has 0 saturated carbocycles. The summed E-state index contributed by atoms with van der Waals surface area (Å²) >= 11 is 0.